The quantitative estimate of drug-likeness (QED) is 0.595. The van der Waals surface area contributed by atoms with Gasteiger partial charge in [0.2, 0.25) is 0 Å². The summed E-state index contributed by atoms with van der Waals surface area (Å²) in [6.45, 7) is 2.24. The van der Waals surface area contributed by atoms with Gasteiger partial charge in [-0.1, -0.05) is 62.2 Å². The third kappa shape index (κ3) is 2.92. The van der Waals surface area contributed by atoms with Crippen LogP contribution in [0.1, 0.15) is 31.7 Å². The maximum Gasteiger partial charge on any atom is 0.0393 e. The van der Waals surface area contributed by atoms with Crippen molar-refractivity contribution >= 4 is 5.69 Å². The van der Waals surface area contributed by atoms with Crippen molar-refractivity contribution in [2.24, 2.45) is 0 Å². The van der Waals surface area contributed by atoms with Crippen LogP contribution < -0.4 is 5.73 Å². The number of rotatable bonds is 5. The van der Waals surface area contributed by atoms with Crippen molar-refractivity contribution in [1.82, 2.24) is 0 Å². The van der Waals surface area contributed by atoms with Gasteiger partial charge >= 0.3 is 0 Å². The van der Waals surface area contributed by atoms with Gasteiger partial charge in [-0.3, -0.25) is 0 Å². The van der Waals surface area contributed by atoms with Crippen LogP contribution in [-0.4, -0.2) is 0 Å². The maximum atomic E-state index is 6.08. The van der Waals surface area contributed by atoms with Gasteiger partial charge in [0, 0.05) is 11.3 Å². The molecular weight excluding hydrogens is 218 g/mol. The Hall–Kier alpha value is -1.76. The van der Waals surface area contributed by atoms with E-state index in [9.17, 15) is 0 Å². The molecule has 0 spiro atoms. The summed E-state index contributed by atoms with van der Waals surface area (Å²) in [6.07, 6.45) is 4.94. The second-order valence-corrected chi connectivity index (χ2v) is 4.70. The molecule has 2 N–H and O–H groups in total. The zero-order valence-corrected chi connectivity index (χ0v) is 11.0. The van der Waals surface area contributed by atoms with Crippen LogP contribution in [0, 0.1) is 0 Å². The molecule has 0 saturated carbocycles. The summed E-state index contributed by atoms with van der Waals surface area (Å²) in [5.41, 5.74) is 10.8. The van der Waals surface area contributed by atoms with Crippen molar-refractivity contribution in [3.8, 4) is 11.1 Å². The number of nitrogens with two attached hydrogens (primary N) is 1. The minimum Gasteiger partial charge on any atom is -0.398 e. The lowest BCUT2D eigenvalue weighted by Gasteiger charge is -2.11. The Morgan fingerprint density at radius 1 is 0.833 bits per heavy atom. The molecule has 2 rings (SSSR count). The summed E-state index contributed by atoms with van der Waals surface area (Å²) in [5.74, 6) is 0. The van der Waals surface area contributed by atoms with Gasteiger partial charge in [0.05, 0.1) is 0 Å². The zero-order chi connectivity index (χ0) is 12.8. The largest absolute Gasteiger partial charge is 0.398 e. The highest BCUT2D eigenvalue weighted by atomic mass is 14.6. The molecule has 0 atom stereocenters. The molecule has 94 valence electrons. The number of unbranched alkanes of at least 4 members (excludes halogenated alkanes) is 2. The summed E-state index contributed by atoms with van der Waals surface area (Å²) in [4.78, 5) is 0. The lowest BCUT2D eigenvalue weighted by molar-refractivity contribution is 0.718. The van der Waals surface area contributed by atoms with Crippen molar-refractivity contribution in [2.45, 2.75) is 32.6 Å². The fraction of sp³-hybridized carbons (Fsp3) is 0.294. The molecule has 0 aliphatic carbocycles. The lowest BCUT2D eigenvalue weighted by Crippen LogP contribution is -1.94. The summed E-state index contributed by atoms with van der Waals surface area (Å²) in [5, 5.41) is 0. The first-order valence-electron chi connectivity index (χ1n) is 6.75. The molecule has 0 fully saturated rings. The van der Waals surface area contributed by atoms with E-state index in [4.69, 9.17) is 5.73 Å². The van der Waals surface area contributed by atoms with Crippen LogP contribution in [0.3, 0.4) is 0 Å². The molecule has 1 nitrogen and oxygen atoms in total. The zero-order valence-electron chi connectivity index (χ0n) is 11.0. The van der Waals surface area contributed by atoms with Crippen LogP contribution in [0.5, 0.6) is 0 Å². The van der Waals surface area contributed by atoms with Gasteiger partial charge in [-0.05, 0) is 30.0 Å². The highest BCUT2D eigenvalue weighted by Crippen LogP contribution is 2.29. The topological polar surface area (TPSA) is 26.0 Å². The predicted octanol–water partition coefficient (Wildman–Crippen LogP) is 4.67. The van der Waals surface area contributed by atoms with E-state index in [-0.39, 0.29) is 0 Å². The Bertz CT molecular complexity index is 502. The number of para-hydroxylation sites is 1. The van der Waals surface area contributed by atoms with Crippen molar-refractivity contribution < 1.29 is 0 Å². The average molecular weight is 239 g/mol. The van der Waals surface area contributed by atoms with E-state index in [0.717, 1.165) is 17.7 Å². The molecule has 2 aromatic rings. The first-order valence-corrected chi connectivity index (χ1v) is 6.75. The molecule has 0 aliphatic heterocycles. The fourth-order valence-electron chi connectivity index (χ4n) is 2.31. The van der Waals surface area contributed by atoms with Crippen molar-refractivity contribution in [2.75, 3.05) is 5.73 Å². The minimum absolute atomic E-state index is 0.862. The smallest absolute Gasteiger partial charge is 0.0393 e. The van der Waals surface area contributed by atoms with Gasteiger partial charge in [-0.2, -0.15) is 0 Å². The first kappa shape index (κ1) is 12.7. The molecule has 1 heteroatoms. The first-order chi connectivity index (χ1) is 8.83. The van der Waals surface area contributed by atoms with E-state index in [2.05, 4.69) is 43.3 Å². The van der Waals surface area contributed by atoms with E-state index < -0.39 is 0 Å². The van der Waals surface area contributed by atoms with E-state index in [1.54, 1.807) is 0 Å². The molecule has 18 heavy (non-hydrogen) atoms. The molecule has 0 unspecified atom stereocenters. The number of aryl methyl sites for hydroxylation is 1. The molecule has 0 saturated heterocycles. The summed E-state index contributed by atoms with van der Waals surface area (Å²) in [7, 11) is 0. The van der Waals surface area contributed by atoms with Crippen LogP contribution >= 0.6 is 0 Å². The third-order valence-electron chi connectivity index (χ3n) is 3.32. The minimum atomic E-state index is 0.862. The average Bonchev–Trinajstić information content (AvgIpc) is 2.40. The summed E-state index contributed by atoms with van der Waals surface area (Å²) < 4.78 is 0. The van der Waals surface area contributed by atoms with Gasteiger partial charge in [0.1, 0.15) is 0 Å². The van der Waals surface area contributed by atoms with Crippen LogP contribution in [0.15, 0.2) is 48.5 Å². The number of hydrogen-bond acceptors (Lipinski definition) is 1. The van der Waals surface area contributed by atoms with Gasteiger partial charge in [0.25, 0.3) is 0 Å². The van der Waals surface area contributed by atoms with E-state index in [1.165, 1.54) is 30.4 Å². The van der Waals surface area contributed by atoms with E-state index in [1.807, 2.05) is 12.1 Å². The van der Waals surface area contributed by atoms with Crippen LogP contribution in [0.4, 0.5) is 5.69 Å². The molecule has 0 aromatic heterocycles. The summed E-state index contributed by atoms with van der Waals surface area (Å²) in [6, 6.07) is 16.7. The van der Waals surface area contributed by atoms with Gasteiger partial charge in [-0.25, -0.2) is 0 Å². The number of anilines is 1. The number of benzene rings is 2. The monoisotopic (exact) mass is 239 g/mol. The van der Waals surface area contributed by atoms with E-state index >= 15 is 0 Å². The Morgan fingerprint density at radius 3 is 2.22 bits per heavy atom. The second-order valence-electron chi connectivity index (χ2n) is 4.70. The van der Waals surface area contributed by atoms with Gasteiger partial charge in [0.15, 0.2) is 0 Å². The molecule has 0 amide bonds. The highest BCUT2D eigenvalue weighted by Gasteiger charge is 2.06. The standard InChI is InChI=1S/C17H21N/c1-2-3-4-9-14-10-5-6-11-15(14)16-12-7-8-13-17(16)18/h5-8,10-13H,2-4,9,18H2,1H3. The Kier molecular flexibility index (Phi) is 4.40. The molecule has 2 aromatic carbocycles. The Balaban J connectivity index is 2.30. The van der Waals surface area contributed by atoms with Crippen LogP contribution in [-0.2, 0) is 6.42 Å². The molecule has 0 heterocycles. The van der Waals surface area contributed by atoms with Crippen molar-refractivity contribution in [3.05, 3.63) is 54.1 Å². The molecule has 0 aliphatic rings. The number of hydrogen-bond donors (Lipinski definition) is 1. The molecule has 0 radical (unpaired) electrons. The Labute approximate surface area is 110 Å². The van der Waals surface area contributed by atoms with Crippen molar-refractivity contribution in [1.29, 1.82) is 0 Å². The second kappa shape index (κ2) is 6.25. The normalized spacial score (nSPS) is 10.5. The van der Waals surface area contributed by atoms with E-state index in [0.29, 0.717) is 0 Å². The third-order valence-corrected chi connectivity index (χ3v) is 3.32. The number of nitrogen functional groups attached to an aromatic ring is 1. The summed E-state index contributed by atoms with van der Waals surface area (Å²) >= 11 is 0. The van der Waals surface area contributed by atoms with Gasteiger partial charge < -0.3 is 5.73 Å². The van der Waals surface area contributed by atoms with Crippen LogP contribution in [0.25, 0.3) is 11.1 Å². The Morgan fingerprint density at radius 2 is 1.50 bits per heavy atom. The molecule has 0 bridgehead atoms. The fourth-order valence-corrected chi connectivity index (χ4v) is 2.31. The predicted molar refractivity (Wildman–Crippen MR) is 79.5 cm³/mol. The van der Waals surface area contributed by atoms with Crippen molar-refractivity contribution in [3.63, 3.8) is 0 Å². The molecular formula is C17H21N. The lowest BCUT2D eigenvalue weighted by atomic mass is 9.95. The SMILES string of the molecule is CCCCCc1ccccc1-c1ccccc1N. The van der Waals surface area contributed by atoms with Gasteiger partial charge in [-0.15, -0.1) is 0 Å². The van der Waals surface area contributed by atoms with Crippen LogP contribution in [0.2, 0.25) is 0 Å². The highest BCUT2D eigenvalue weighted by molar-refractivity contribution is 5.78. The maximum absolute atomic E-state index is 6.08.